The van der Waals surface area contributed by atoms with E-state index < -0.39 is 87.4 Å². The summed E-state index contributed by atoms with van der Waals surface area (Å²) in [6, 6.07) is 4.57. The molecule has 1 spiro atoms. The second-order valence-corrected chi connectivity index (χ2v) is 12.6. The summed E-state index contributed by atoms with van der Waals surface area (Å²) in [6.07, 6.45) is -7.17. The third-order valence-corrected chi connectivity index (χ3v) is 9.28. The highest BCUT2D eigenvalue weighted by atomic mass is 19.4. The highest BCUT2D eigenvalue weighted by Crippen LogP contribution is 2.45. The predicted molar refractivity (Wildman–Crippen MR) is 176 cm³/mol. The molecule has 2 heterocycles. The molecule has 3 aromatic rings. The second-order valence-electron chi connectivity index (χ2n) is 12.6. The molecule has 1 aromatic heterocycles. The number of nitrogens with one attached hydrogen (secondary N) is 2. The van der Waals surface area contributed by atoms with Crippen molar-refractivity contribution >= 4 is 17.5 Å². The number of amides is 2. The molecule has 0 radical (unpaired) electrons. The van der Waals surface area contributed by atoms with Gasteiger partial charge >= 0.3 is 12.4 Å². The van der Waals surface area contributed by atoms with Crippen LogP contribution in [0.25, 0.3) is 11.3 Å². The average molecular weight is 773 g/mol. The smallest absolute Gasteiger partial charge is 0.433 e. The van der Waals surface area contributed by atoms with Gasteiger partial charge in [0.25, 0.3) is 11.8 Å². The molecule has 2 aliphatic rings. The van der Waals surface area contributed by atoms with Crippen LogP contribution in [0.2, 0.25) is 0 Å². The van der Waals surface area contributed by atoms with Crippen LogP contribution in [0.3, 0.4) is 0 Å². The number of anilines is 1. The third-order valence-electron chi connectivity index (χ3n) is 9.28. The van der Waals surface area contributed by atoms with Crippen molar-refractivity contribution in [1.82, 2.24) is 25.3 Å². The Morgan fingerprint density at radius 3 is 2.35 bits per heavy atom. The van der Waals surface area contributed by atoms with Crippen molar-refractivity contribution in [2.24, 2.45) is 0 Å². The molecule has 1 aliphatic heterocycles. The largest absolute Gasteiger partial charge is 0.509 e. The summed E-state index contributed by atoms with van der Waals surface area (Å²) >= 11 is 0. The first-order valence-corrected chi connectivity index (χ1v) is 16.7. The van der Waals surface area contributed by atoms with Crippen molar-refractivity contribution in [3.8, 4) is 17.0 Å². The molecule has 3 N–H and O–H groups in total. The zero-order valence-electron chi connectivity index (χ0n) is 29.0. The van der Waals surface area contributed by atoms with Crippen molar-refractivity contribution in [2.45, 2.75) is 56.5 Å². The first kappa shape index (κ1) is 40.3. The monoisotopic (exact) mass is 772 g/mol. The maximum Gasteiger partial charge on any atom is 0.433 e. The van der Waals surface area contributed by atoms with E-state index in [4.69, 9.17) is 9.47 Å². The molecule has 1 fully saturated rings. The van der Waals surface area contributed by atoms with Crippen molar-refractivity contribution in [1.29, 1.82) is 0 Å². The van der Waals surface area contributed by atoms with Crippen LogP contribution in [-0.2, 0) is 33.2 Å². The van der Waals surface area contributed by atoms with Crippen LogP contribution in [-0.4, -0.2) is 82.9 Å². The molecule has 2 aromatic carbocycles. The molecule has 19 heteroatoms. The molecule has 0 atom stereocenters. The van der Waals surface area contributed by atoms with Gasteiger partial charge in [-0.1, -0.05) is 18.9 Å². The van der Waals surface area contributed by atoms with E-state index in [1.54, 1.807) is 7.11 Å². The van der Waals surface area contributed by atoms with E-state index in [1.165, 1.54) is 24.2 Å². The van der Waals surface area contributed by atoms with Crippen LogP contribution >= 0.6 is 0 Å². The Labute approximate surface area is 303 Å². The van der Waals surface area contributed by atoms with Gasteiger partial charge in [-0.3, -0.25) is 14.6 Å². The van der Waals surface area contributed by atoms with Crippen molar-refractivity contribution in [3.63, 3.8) is 0 Å². The Hall–Kier alpha value is -4.88. The number of alkyl halides is 6. The number of ether oxygens (including phenoxy) is 2. The third kappa shape index (κ3) is 8.42. The van der Waals surface area contributed by atoms with Gasteiger partial charge in [-0.2, -0.15) is 30.7 Å². The predicted octanol–water partition coefficient (Wildman–Crippen LogP) is 6.42. The Morgan fingerprint density at radius 2 is 1.69 bits per heavy atom. The van der Waals surface area contributed by atoms with E-state index in [2.05, 4.69) is 20.6 Å². The van der Waals surface area contributed by atoms with Crippen LogP contribution in [0.5, 0.6) is 5.75 Å². The van der Waals surface area contributed by atoms with Crippen LogP contribution in [0.4, 0.5) is 40.8 Å². The van der Waals surface area contributed by atoms with E-state index in [0.29, 0.717) is 57.1 Å². The minimum absolute atomic E-state index is 0.0163. The zero-order valence-corrected chi connectivity index (χ0v) is 29.0. The Balaban J connectivity index is 1.45. The van der Waals surface area contributed by atoms with Crippen molar-refractivity contribution < 1.29 is 59.3 Å². The van der Waals surface area contributed by atoms with Crippen molar-refractivity contribution in [3.05, 3.63) is 82.5 Å². The van der Waals surface area contributed by atoms with E-state index >= 15 is 8.78 Å². The number of benzene rings is 2. The molecular weight excluding hydrogens is 736 g/mol. The van der Waals surface area contributed by atoms with Crippen LogP contribution in [0, 0.1) is 11.6 Å². The summed E-state index contributed by atoms with van der Waals surface area (Å²) in [7, 11) is 3.00. The minimum atomic E-state index is -4.99. The summed E-state index contributed by atoms with van der Waals surface area (Å²) in [6.45, 7) is 0.905. The molecule has 1 saturated carbocycles. The van der Waals surface area contributed by atoms with Gasteiger partial charge in [0.2, 0.25) is 5.82 Å². The molecule has 5 rings (SSSR count). The highest BCUT2D eigenvalue weighted by Gasteiger charge is 2.53. The molecule has 54 heavy (non-hydrogen) atoms. The topological polar surface area (TPSA) is 129 Å². The van der Waals surface area contributed by atoms with Gasteiger partial charge in [0, 0.05) is 38.4 Å². The number of carbonyl (C=O) groups is 2. The number of nitrogens with zero attached hydrogens (tertiary/aromatic N) is 4. The molecule has 0 saturated heterocycles. The lowest BCUT2D eigenvalue weighted by Gasteiger charge is -2.48. The van der Waals surface area contributed by atoms with Gasteiger partial charge in [-0.15, -0.1) is 0 Å². The molecule has 0 unspecified atom stereocenters. The number of hydrogen-bond donors (Lipinski definition) is 3. The van der Waals surface area contributed by atoms with Crippen molar-refractivity contribution in [2.75, 3.05) is 45.8 Å². The van der Waals surface area contributed by atoms with Gasteiger partial charge < -0.3 is 25.2 Å². The summed E-state index contributed by atoms with van der Waals surface area (Å²) in [5, 5.41) is 19.1. The number of carbonyl (C=O) groups excluding carboxylic acids is 2. The Kier molecular flexibility index (Phi) is 12.1. The van der Waals surface area contributed by atoms with Gasteiger partial charge in [-0.05, 0) is 56.1 Å². The number of hydrogen-bond acceptors (Lipinski definition) is 9. The van der Waals surface area contributed by atoms with Gasteiger partial charge in [0.15, 0.2) is 11.6 Å². The lowest BCUT2D eigenvalue weighted by molar-refractivity contribution is -0.163. The number of halogens is 8. The Bertz CT molecular complexity index is 1900. The number of rotatable bonds is 13. The second kappa shape index (κ2) is 16.2. The van der Waals surface area contributed by atoms with Gasteiger partial charge in [0.1, 0.15) is 30.0 Å². The average Bonchev–Trinajstić information content (AvgIpc) is 3.62. The molecule has 1 aliphatic carbocycles. The number of likely N-dealkylation sites (N-methyl/N-ethyl adjacent to an activating group) is 1. The van der Waals surface area contributed by atoms with E-state index in [9.17, 15) is 41.0 Å². The standard InChI is InChI=1S/C35H36F8N6O5/c1-48-33(10-3-4-11-33)30(50)27(32(52)49(48)18-20-6-9-25(29(37)28(20)36)54-15-13-44-12-5-14-53-2)31(51)47-23-8-7-21(34(38,39)40)16-22(23)24-17-26(35(41,42)43)46-19-45-24/h6-9,16-17,19,44,50H,3-5,10-15,18H2,1-2H3,(H,47,51). The first-order valence-electron chi connectivity index (χ1n) is 16.7. The Morgan fingerprint density at radius 1 is 0.963 bits per heavy atom. The molecular formula is C35H36F8N6O5. The van der Waals surface area contributed by atoms with Crippen LogP contribution in [0.15, 0.2) is 54.1 Å². The van der Waals surface area contributed by atoms with E-state index in [-0.39, 0.29) is 30.8 Å². The van der Waals surface area contributed by atoms with Gasteiger partial charge in [-0.25, -0.2) is 19.4 Å². The maximum absolute atomic E-state index is 15.5. The quantitative estimate of drug-likeness (QED) is 0.103. The molecule has 0 bridgehead atoms. The summed E-state index contributed by atoms with van der Waals surface area (Å²) in [5.74, 6) is -6.18. The SMILES string of the molecule is COCCCNCCOc1ccc(CN2C(=O)C(C(=O)Nc3ccc(C(F)(F)F)cc3-c3cc(C(F)(F)F)ncn3)=C(O)C3(CCCC3)N2C)c(F)c1F. The normalized spacial score (nSPS) is 16.4. The van der Waals surface area contributed by atoms with Crippen LogP contribution < -0.4 is 15.4 Å². The lowest BCUT2D eigenvalue weighted by Crippen LogP contribution is -2.62. The molecule has 292 valence electrons. The summed E-state index contributed by atoms with van der Waals surface area (Å²) < 4.78 is 122. The van der Waals surface area contributed by atoms with E-state index in [0.717, 1.165) is 17.5 Å². The summed E-state index contributed by atoms with van der Waals surface area (Å²) in [4.78, 5) is 34.7. The fourth-order valence-corrected chi connectivity index (χ4v) is 6.44. The molecule has 2 amide bonds. The number of aliphatic hydroxyl groups excluding tert-OH is 1. The summed E-state index contributed by atoms with van der Waals surface area (Å²) in [5.41, 5.74) is -6.97. The number of aromatic nitrogens is 2. The number of methoxy groups -OCH3 is 1. The highest BCUT2D eigenvalue weighted by molar-refractivity contribution is 6.24. The van der Waals surface area contributed by atoms with E-state index in [1.807, 2.05) is 0 Å². The zero-order chi connectivity index (χ0) is 39.4. The minimum Gasteiger partial charge on any atom is -0.509 e. The first-order chi connectivity index (χ1) is 25.5. The maximum atomic E-state index is 15.5. The fourth-order valence-electron chi connectivity index (χ4n) is 6.44. The van der Waals surface area contributed by atoms with Crippen LogP contribution in [0.1, 0.15) is 48.9 Å². The lowest BCUT2D eigenvalue weighted by atomic mass is 9.88. The van der Waals surface area contributed by atoms with Gasteiger partial charge in [0.05, 0.1) is 29.0 Å². The number of aliphatic hydroxyl groups is 1. The molecule has 11 nitrogen and oxygen atoms in total. The fraction of sp³-hybridized carbons (Fsp3) is 0.429. The number of hydrazine groups is 1.